The number of hydrogen-bond donors (Lipinski definition) is 2. The molecular formula is C15H27F3N4O4S. The molecule has 8 nitrogen and oxygen atoms in total. The normalized spacial score (nSPS) is 18.8. The number of carbonyl (C=O) groups is 1. The van der Waals surface area contributed by atoms with Gasteiger partial charge in [0, 0.05) is 26.2 Å². The second-order valence-electron chi connectivity index (χ2n) is 6.32. The van der Waals surface area contributed by atoms with Crippen LogP contribution < -0.4 is 10.6 Å². The first-order valence-corrected chi connectivity index (χ1v) is 10.1. The molecule has 27 heavy (non-hydrogen) atoms. The average molecular weight is 416 g/mol. The van der Waals surface area contributed by atoms with Gasteiger partial charge in [-0.3, -0.25) is 9.79 Å². The molecule has 1 fully saturated rings. The number of aliphatic imine (C=N–C) groups is 1. The fourth-order valence-electron chi connectivity index (χ4n) is 2.59. The van der Waals surface area contributed by atoms with E-state index < -0.39 is 21.4 Å². The molecule has 1 unspecified atom stereocenters. The van der Waals surface area contributed by atoms with Crippen LogP contribution in [0, 0.1) is 11.8 Å². The number of alkyl halides is 3. The summed E-state index contributed by atoms with van der Waals surface area (Å²) in [4.78, 5) is 15.7. The van der Waals surface area contributed by atoms with Crippen molar-refractivity contribution in [3.8, 4) is 0 Å². The van der Waals surface area contributed by atoms with Crippen LogP contribution >= 0.6 is 0 Å². The monoisotopic (exact) mass is 416 g/mol. The largest absolute Gasteiger partial charge is 0.511 e. The predicted molar refractivity (Wildman–Crippen MR) is 94.4 cm³/mol. The highest BCUT2D eigenvalue weighted by Gasteiger charge is 2.50. The van der Waals surface area contributed by atoms with Crippen LogP contribution in [0.2, 0.25) is 0 Å². The number of piperidine rings is 1. The fourth-order valence-corrected chi connectivity index (χ4v) is 3.57. The fraction of sp³-hybridized carbons (Fsp3) is 0.867. The number of sulfonamides is 1. The van der Waals surface area contributed by atoms with Crippen molar-refractivity contribution in [3.05, 3.63) is 0 Å². The lowest BCUT2D eigenvalue weighted by atomic mass is 9.98. The Kier molecular flexibility index (Phi) is 8.79. The van der Waals surface area contributed by atoms with E-state index in [2.05, 4.69) is 20.4 Å². The van der Waals surface area contributed by atoms with Gasteiger partial charge in [0.05, 0.1) is 19.6 Å². The lowest BCUT2D eigenvalue weighted by Crippen LogP contribution is -2.47. The van der Waals surface area contributed by atoms with E-state index in [0.717, 1.165) is 0 Å². The molecule has 0 aromatic rings. The Morgan fingerprint density at radius 3 is 2.37 bits per heavy atom. The van der Waals surface area contributed by atoms with Gasteiger partial charge in [0.15, 0.2) is 5.96 Å². The van der Waals surface area contributed by atoms with Crippen molar-refractivity contribution in [2.45, 2.75) is 32.2 Å². The van der Waals surface area contributed by atoms with Gasteiger partial charge >= 0.3 is 21.5 Å². The molecule has 158 valence electrons. The van der Waals surface area contributed by atoms with Crippen molar-refractivity contribution in [2.75, 3.05) is 39.8 Å². The number of carbonyl (C=O) groups excluding carboxylic acids is 1. The van der Waals surface area contributed by atoms with Crippen molar-refractivity contribution in [2.24, 2.45) is 16.8 Å². The Bertz CT molecular complexity index is 617. The maximum atomic E-state index is 12.6. The number of guanidine groups is 1. The summed E-state index contributed by atoms with van der Waals surface area (Å²) in [6.07, 6.45) is 0.639. The van der Waals surface area contributed by atoms with E-state index in [-0.39, 0.29) is 31.5 Å². The highest BCUT2D eigenvalue weighted by molar-refractivity contribution is 7.90. The maximum absolute atomic E-state index is 12.6. The third-order valence-corrected chi connectivity index (χ3v) is 5.87. The minimum Gasteiger partial charge on any atom is -0.469 e. The van der Waals surface area contributed by atoms with Gasteiger partial charge in [0.2, 0.25) is 0 Å². The molecule has 0 aromatic heterocycles. The molecule has 0 bridgehead atoms. The van der Waals surface area contributed by atoms with Gasteiger partial charge in [0.1, 0.15) is 0 Å². The summed E-state index contributed by atoms with van der Waals surface area (Å²) < 4.78 is 65.7. The van der Waals surface area contributed by atoms with Crippen LogP contribution in [0.25, 0.3) is 0 Å². The number of rotatable bonds is 7. The third kappa shape index (κ3) is 6.83. The van der Waals surface area contributed by atoms with Crippen LogP contribution in [-0.2, 0) is 19.6 Å². The van der Waals surface area contributed by atoms with Crippen molar-refractivity contribution in [3.63, 3.8) is 0 Å². The third-order valence-electron chi connectivity index (χ3n) is 4.24. The number of halogens is 3. The topological polar surface area (TPSA) is 100 Å². The van der Waals surface area contributed by atoms with Crippen LogP contribution in [0.15, 0.2) is 4.99 Å². The summed E-state index contributed by atoms with van der Waals surface area (Å²) in [6.45, 7) is 4.50. The number of methoxy groups -OCH3 is 1. The predicted octanol–water partition coefficient (Wildman–Crippen LogP) is 0.912. The van der Waals surface area contributed by atoms with Crippen LogP contribution in [0.1, 0.15) is 26.7 Å². The summed E-state index contributed by atoms with van der Waals surface area (Å²) >= 11 is 0. The number of ether oxygens (including phenoxy) is 1. The van der Waals surface area contributed by atoms with E-state index >= 15 is 0 Å². The summed E-state index contributed by atoms with van der Waals surface area (Å²) in [7, 11) is -3.96. The molecular weight excluding hydrogens is 389 g/mol. The van der Waals surface area contributed by atoms with E-state index in [4.69, 9.17) is 0 Å². The first-order valence-electron chi connectivity index (χ1n) is 8.69. The molecule has 0 amide bonds. The molecule has 1 atom stereocenters. The standard InChI is InChI=1S/C15H27F3N4O4S/c1-4-19-14(20-9-11(2)13(23)26-3)21-10-12-5-7-22(8-6-12)27(24,25)15(16,17)18/h11-12H,4-10H2,1-3H3,(H2,19,20,21). The SMILES string of the molecule is CCNC(=NCC(C)C(=O)OC)NCC1CCN(S(=O)(=O)C(F)(F)F)CC1. The van der Waals surface area contributed by atoms with Gasteiger partial charge < -0.3 is 15.4 Å². The summed E-state index contributed by atoms with van der Waals surface area (Å²) in [5.41, 5.74) is -5.26. The summed E-state index contributed by atoms with van der Waals surface area (Å²) in [6, 6.07) is 0. The van der Waals surface area contributed by atoms with Crippen molar-refractivity contribution >= 4 is 22.0 Å². The molecule has 0 radical (unpaired) electrons. The van der Waals surface area contributed by atoms with E-state index in [1.165, 1.54) is 7.11 Å². The van der Waals surface area contributed by atoms with Crippen LogP contribution in [-0.4, -0.2) is 70.0 Å². The maximum Gasteiger partial charge on any atom is 0.511 e. The molecule has 1 aliphatic heterocycles. The van der Waals surface area contributed by atoms with E-state index in [9.17, 15) is 26.4 Å². The molecule has 1 saturated heterocycles. The zero-order valence-electron chi connectivity index (χ0n) is 15.7. The Morgan fingerprint density at radius 1 is 1.30 bits per heavy atom. The second kappa shape index (κ2) is 10.1. The Hall–Kier alpha value is -1.56. The Balaban J connectivity index is 2.53. The molecule has 0 spiro atoms. The van der Waals surface area contributed by atoms with Crippen molar-refractivity contribution < 1.29 is 31.1 Å². The lowest BCUT2D eigenvalue weighted by Gasteiger charge is -2.31. The molecule has 12 heteroatoms. The van der Waals surface area contributed by atoms with E-state index in [0.29, 0.717) is 36.2 Å². The minimum absolute atomic E-state index is 0.0200. The van der Waals surface area contributed by atoms with Gasteiger partial charge in [-0.2, -0.15) is 17.5 Å². The van der Waals surface area contributed by atoms with E-state index in [1.807, 2.05) is 6.92 Å². The Morgan fingerprint density at radius 2 is 1.89 bits per heavy atom. The van der Waals surface area contributed by atoms with Crippen molar-refractivity contribution in [1.82, 2.24) is 14.9 Å². The van der Waals surface area contributed by atoms with Gasteiger partial charge in [0.25, 0.3) is 0 Å². The van der Waals surface area contributed by atoms with E-state index in [1.54, 1.807) is 6.92 Å². The first kappa shape index (κ1) is 23.5. The Labute approximate surface area is 157 Å². The highest BCUT2D eigenvalue weighted by atomic mass is 32.2. The quantitative estimate of drug-likeness (QED) is 0.364. The molecule has 1 rings (SSSR count). The smallest absolute Gasteiger partial charge is 0.469 e. The van der Waals surface area contributed by atoms with Gasteiger partial charge in [-0.15, -0.1) is 0 Å². The molecule has 1 heterocycles. The molecule has 0 saturated carbocycles. The average Bonchev–Trinajstić information content (AvgIpc) is 2.62. The van der Waals surface area contributed by atoms with Gasteiger partial charge in [-0.05, 0) is 25.7 Å². The number of esters is 1. The molecule has 1 aliphatic rings. The number of hydrogen-bond acceptors (Lipinski definition) is 5. The highest BCUT2D eigenvalue weighted by Crippen LogP contribution is 2.30. The molecule has 0 aromatic carbocycles. The molecule has 2 N–H and O–H groups in total. The van der Waals surface area contributed by atoms with Crippen LogP contribution in [0.3, 0.4) is 0 Å². The summed E-state index contributed by atoms with van der Waals surface area (Å²) in [5.74, 6) is -0.265. The zero-order valence-corrected chi connectivity index (χ0v) is 16.5. The van der Waals surface area contributed by atoms with Crippen LogP contribution in [0.5, 0.6) is 0 Å². The number of nitrogens with zero attached hydrogens (tertiary/aromatic N) is 2. The lowest BCUT2D eigenvalue weighted by molar-refractivity contribution is -0.144. The number of nitrogens with one attached hydrogen (secondary N) is 2. The van der Waals surface area contributed by atoms with Crippen molar-refractivity contribution in [1.29, 1.82) is 0 Å². The van der Waals surface area contributed by atoms with Gasteiger partial charge in [-0.1, -0.05) is 6.92 Å². The molecule has 0 aliphatic carbocycles. The zero-order chi connectivity index (χ0) is 20.7. The summed E-state index contributed by atoms with van der Waals surface area (Å²) in [5, 5.41) is 6.10. The first-order chi connectivity index (χ1) is 12.5. The van der Waals surface area contributed by atoms with Gasteiger partial charge in [-0.25, -0.2) is 8.42 Å². The minimum atomic E-state index is -5.26. The second-order valence-corrected chi connectivity index (χ2v) is 8.25. The van der Waals surface area contributed by atoms with Crippen LogP contribution in [0.4, 0.5) is 13.2 Å².